The van der Waals surface area contributed by atoms with Crippen LogP contribution in [0.3, 0.4) is 0 Å². The van der Waals surface area contributed by atoms with Crippen LogP contribution in [0.15, 0.2) is 0 Å². The molecule has 1 N–H and O–H groups in total. The number of rotatable bonds is 25. The number of methoxy groups -OCH3 is 1. The fourth-order valence-electron chi connectivity index (χ4n) is 3.59. The van der Waals surface area contributed by atoms with E-state index in [0.717, 1.165) is 12.8 Å². The van der Waals surface area contributed by atoms with E-state index in [0.29, 0.717) is 6.61 Å². The molecule has 0 aliphatic rings. The highest BCUT2D eigenvalue weighted by Crippen LogP contribution is 2.44. The molecule has 33 heavy (non-hydrogen) atoms. The average molecular weight is 495 g/mol. The first-order valence-electron chi connectivity index (χ1n) is 13.2. The van der Waals surface area contributed by atoms with E-state index in [1.807, 2.05) is 0 Å². The van der Waals surface area contributed by atoms with Crippen LogP contribution in [0.2, 0.25) is 0 Å². The van der Waals surface area contributed by atoms with E-state index >= 15 is 0 Å². The van der Waals surface area contributed by atoms with Crippen LogP contribution in [0.4, 0.5) is 4.79 Å². The van der Waals surface area contributed by atoms with Crippen LogP contribution >= 0.6 is 7.60 Å². The van der Waals surface area contributed by atoms with Gasteiger partial charge in [0.05, 0.1) is 19.8 Å². The first kappa shape index (κ1) is 32.5. The highest BCUT2D eigenvalue weighted by Gasteiger charge is 2.33. The molecule has 8 heteroatoms. The van der Waals surface area contributed by atoms with E-state index in [2.05, 4.69) is 11.7 Å². The monoisotopic (exact) mass is 494 g/mol. The summed E-state index contributed by atoms with van der Waals surface area (Å²) in [6.07, 6.45) is 20.8. The molecule has 0 amide bonds. The van der Waals surface area contributed by atoms with Gasteiger partial charge in [-0.25, -0.2) is 9.36 Å². The predicted molar refractivity (Wildman–Crippen MR) is 134 cm³/mol. The number of hydrogen-bond donors (Lipinski definition) is 1. The van der Waals surface area contributed by atoms with E-state index in [-0.39, 0.29) is 19.8 Å². The minimum Gasteiger partial charge on any atom is -0.457 e. The van der Waals surface area contributed by atoms with Gasteiger partial charge in [-0.3, -0.25) is 4.52 Å². The molecule has 198 valence electrons. The zero-order valence-corrected chi connectivity index (χ0v) is 22.5. The molecule has 0 saturated heterocycles. The molecule has 0 aromatic carbocycles. The van der Waals surface area contributed by atoms with Gasteiger partial charge < -0.3 is 19.1 Å². The Morgan fingerprint density at radius 1 is 0.758 bits per heavy atom. The number of ether oxygens (including phenoxy) is 3. The Labute approximate surface area is 202 Å². The zero-order valence-electron chi connectivity index (χ0n) is 21.6. The van der Waals surface area contributed by atoms with Crippen LogP contribution in [-0.2, 0) is 23.3 Å². The van der Waals surface area contributed by atoms with Gasteiger partial charge in [0.25, 0.3) is 0 Å². The third-order valence-corrected chi connectivity index (χ3v) is 6.80. The largest absolute Gasteiger partial charge is 0.457 e. The molecule has 2 atom stereocenters. The topological polar surface area (TPSA) is 91.3 Å². The third kappa shape index (κ3) is 20.6. The van der Waals surface area contributed by atoms with Gasteiger partial charge in [0.2, 0.25) is 0 Å². The van der Waals surface area contributed by atoms with Gasteiger partial charge in [-0.2, -0.15) is 0 Å². The van der Waals surface area contributed by atoms with Crippen molar-refractivity contribution in [3.8, 4) is 0 Å². The highest BCUT2D eigenvalue weighted by atomic mass is 31.2. The van der Waals surface area contributed by atoms with Crippen LogP contribution < -0.4 is 0 Å². The first-order chi connectivity index (χ1) is 16.0. The fraction of sp³-hybridized carbons (Fsp3) is 0.960. The van der Waals surface area contributed by atoms with Gasteiger partial charge in [-0.05, 0) is 13.3 Å². The second-order valence-corrected chi connectivity index (χ2v) is 10.4. The number of carbonyl (C=O) groups excluding carboxylic acids is 1. The maximum atomic E-state index is 11.7. The zero-order chi connectivity index (χ0) is 24.6. The lowest BCUT2D eigenvalue weighted by Gasteiger charge is -2.17. The van der Waals surface area contributed by atoms with Crippen molar-refractivity contribution in [2.75, 3.05) is 33.5 Å². The summed E-state index contributed by atoms with van der Waals surface area (Å²) in [7, 11) is -2.97. The van der Waals surface area contributed by atoms with Gasteiger partial charge in [-0.15, -0.1) is 0 Å². The molecular formula is C25H51O7P. The summed E-state index contributed by atoms with van der Waals surface area (Å²) >= 11 is 0. The predicted octanol–water partition coefficient (Wildman–Crippen LogP) is 7.64. The normalized spacial score (nSPS) is 14.2. The van der Waals surface area contributed by atoms with Crippen molar-refractivity contribution in [1.82, 2.24) is 0 Å². The second kappa shape index (κ2) is 23.3. The standard InChI is InChI=1S/C25H51O7P/c1-4-6-7-8-9-10-11-12-13-14-15-16-17-18-19-20-21-30-22-24(29-3)23-32-33(27,28)25(26)31-5-2/h24H,4-23H2,1-3H3,(H,27,28)/t24-/m0/s1. The molecule has 0 saturated carbocycles. The average Bonchev–Trinajstić information content (AvgIpc) is 2.80. The third-order valence-electron chi connectivity index (χ3n) is 5.71. The molecular weight excluding hydrogens is 443 g/mol. The maximum Gasteiger partial charge on any atom is 0.435 e. The number of hydrogen-bond acceptors (Lipinski definition) is 6. The van der Waals surface area contributed by atoms with Gasteiger partial charge in [0, 0.05) is 13.7 Å². The highest BCUT2D eigenvalue weighted by molar-refractivity contribution is 7.70. The Hall–Kier alpha value is -0.460. The van der Waals surface area contributed by atoms with E-state index < -0.39 is 19.4 Å². The van der Waals surface area contributed by atoms with Crippen molar-refractivity contribution in [3.05, 3.63) is 0 Å². The van der Waals surface area contributed by atoms with E-state index in [1.165, 1.54) is 97.0 Å². The Balaban J connectivity index is 3.45. The van der Waals surface area contributed by atoms with Gasteiger partial charge in [0.1, 0.15) is 6.10 Å². The van der Waals surface area contributed by atoms with Crippen molar-refractivity contribution < 1.29 is 33.0 Å². The van der Waals surface area contributed by atoms with Crippen LogP contribution in [0, 0.1) is 0 Å². The lowest BCUT2D eigenvalue weighted by atomic mass is 10.0. The van der Waals surface area contributed by atoms with Crippen molar-refractivity contribution in [1.29, 1.82) is 0 Å². The van der Waals surface area contributed by atoms with E-state index in [4.69, 9.17) is 14.0 Å². The lowest BCUT2D eigenvalue weighted by Crippen LogP contribution is -2.25. The summed E-state index contributed by atoms with van der Waals surface area (Å²) in [5.74, 6) is 0. The molecule has 0 radical (unpaired) electrons. The summed E-state index contributed by atoms with van der Waals surface area (Å²) in [4.78, 5) is 20.9. The molecule has 0 bridgehead atoms. The minimum absolute atomic E-state index is 0.0167. The van der Waals surface area contributed by atoms with E-state index in [9.17, 15) is 14.3 Å². The molecule has 0 aliphatic carbocycles. The second-order valence-electron chi connectivity index (χ2n) is 8.75. The summed E-state index contributed by atoms with van der Waals surface area (Å²) in [6, 6.07) is 0. The molecule has 0 aromatic rings. The molecule has 0 aromatic heterocycles. The Morgan fingerprint density at radius 2 is 1.21 bits per heavy atom. The number of unbranched alkanes of at least 4 members (excludes halogenated alkanes) is 15. The molecule has 0 fully saturated rings. The molecule has 0 rings (SSSR count). The van der Waals surface area contributed by atoms with E-state index in [1.54, 1.807) is 6.92 Å². The first-order valence-corrected chi connectivity index (χ1v) is 14.8. The molecule has 0 heterocycles. The Kier molecular flexibility index (Phi) is 23.0. The summed E-state index contributed by atoms with van der Waals surface area (Å²) < 4.78 is 31.8. The van der Waals surface area contributed by atoms with Gasteiger partial charge in [-0.1, -0.05) is 103 Å². The quantitative estimate of drug-likeness (QED) is 0.103. The maximum absolute atomic E-state index is 11.7. The molecule has 0 aliphatic heterocycles. The van der Waals surface area contributed by atoms with Crippen molar-refractivity contribution >= 4 is 13.3 Å². The van der Waals surface area contributed by atoms with Gasteiger partial charge in [0.15, 0.2) is 0 Å². The van der Waals surface area contributed by atoms with Crippen molar-refractivity contribution in [2.45, 2.75) is 123 Å². The van der Waals surface area contributed by atoms with Crippen LogP contribution in [0.25, 0.3) is 0 Å². The fourth-order valence-corrected chi connectivity index (χ4v) is 4.36. The summed E-state index contributed by atoms with van der Waals surface area (Å²) in [5, 5.41) is 0. The minimum atomic E-state index is -4.44. The van der Waals surface area contributed by atoms with Gasteiger partial charge >= 0.3 is 13.3 Å². The molecule has 0 spiro atoms. The number of carbonyl (C=O) groups is 1. The Morgan fingerprint density at radius 3 is 1.64 bits per heavy atom. The molecule has 7 nitrogen and oxygen atoms in total. The molecule has 1 unspecified atom stereocenters. The summed E-state index contributed by atoms with van der Waals surface area (Å²) in [6.45, 7) is 4.50. The SMILES string of the molecule is CCCCCCCCCCCCCCCCCCOC[C@@H](COP(=O)(O)C(=O)OCC)OC. The summed E-state index contributed by atoms with van der Waals surface area (Å²) in [5.41, 5.74) is -1.24. The van der Waals surface area contributed by atoms with Crippen LogP contribution in [0.1, 0.15) is 117 Å². The Bertz CT molecular complexity index is 487. The van der Waals surface area contributed by atoms with Crippen LogP contribution in [-0.4, -0.2) is 50.2 Å². The lowest BCUT2D eigenvalue weighted by molar-refractivity contribution is -0.0169. The van der Waals surface area contributed by atoms with Crippen LogP contribution in [0.5, 0.6) is 0 Å². The van der Waals surface area contributed by atoms with Crippen molar-refractivity contribution in [3.63, 3.8) is 0 Å². The van der Waals surface area contributed by atoms with Crippen molar-refractivity contribution in [2.24, 2.45) is 0 Å². The smallest absolute Gasteiger partial charge is 0.435 e.